The van der Waals surface area contributed by atoms with E-state index in [-0.39, 0.29) is 12.1 Å². The predicted molar refractivity (Wildman–Crippen MR) is 82.1 cm³/mol. The standard InChI is InChI=1S/C16H27N3O3/c17-15(20)14-7-6-11(22-14)9-18-16(21)19-13-8-12(13)10-4-2-1-3-5-10/h10-14H,1-9H2,(H2,17,20)(H2,18,19,21)/t11-,12+,13-,14-/m1/s1. The lowest BCUT2D eigenvalue weighted by molar-refractivity contribution is -0.128. The van der Waals surface area contributed by atoms with Crippen LogP contribution in [0.3, 0.4) is 0 Å². The smallest absolute Gasteiger partial charge is 0.315 e. The van der Waals surface area contributed by atoms with Gasteiger partial charge in [0.15, 0.2) is 0 Å². The summed E-state index contributed by atoms with van der Waals surface area (Å²) >= 11 is 0. The van der Waals surface area contributed by atoms with Crippen LogP contribution in [-0.2, 0) is 9.53 Å². The van der Waals surface area contributed by atoms with Gasteiger partial charge in [-0.05, 0) is 31.1 Å². The number of nitrogens with two attached hydrogens (primary N) is 1. The Morgan fingerprint density at radius 1 is 1.09 bits per heavy atom. The van der Waals surface area contributed by atoms with Gasteiger partial charge in [-0.3, -0.25) is 4.79 Å². The molecule has 3 rings (SSSR count). The normalized spacial score (nSPS) is 35.1. The van der Waals surface area contributed by atoms with Gasteiger partial charge in [0, 0.05) is 12.6 Å². The SMILES string of the molecule is NC(=O)[C@H]1CC[C@H](CNC(=O)N[C@@H]2C[C@H]2C2CCCCC2)O1. The Morgan fingerprint density at radius 2 is 1.86 bits per heavy atom. The number of primary amides is 1. The zero-order valence-electron chi connectivity index (χ0n) is 13.1. The van der Waals surface area contributed by atoms with Crippen LogP contribution in [0.4, 0.5) is 4.79 Å². The Kier molecular flexibility index (Phi) is 4.86. The summed E-state index contributed by atoms with van der Waals surface area (Å²) in [5.74, 6) is 1.09. The first-order valence-electron chi connectivity index (χ1n) is 8.62. The Bertz CT molecular complexity index is 423. The average Bonchev–Trinajstić information content (AvgIpc) is 3.10. The number of hydrogen-bond acceptors (Lipinski definition) is 3. The van der Waals surface area contributed by atoms with Gasteiger partial charge in [0.2, 0.25) is 5.91 Å². The van der Waals surface area contributed by atoms with E-state index in [0.29, 0.717) is 24.9 Å². The summed E-state index contributed by atoms with van der Waals surface area (Å²) in [6.07, 6.45) is 8.67. The lowest BCUT2D eigenvalue weighted by atomic mass is 9.85. The van der Waals surface area contributed by atoms with E-state index in [4.69, 9.17) is 10.5 Å². The zero-order valence-corrected chi connectivity index (χ0v) is 13.1. The highest BCUT2D eigenvalue weighted by atomic mass is 16.5. The van der Waals surface area contributed by atoms with Crippen molar-refractivity contribution in [1.29, 1.82) is 0 Å². The number of nitrogens with one attached hydrogen (secondary N) is 2. The monoisotopic (exact) mass is 309 g/mol. The minimum Gasteiger partial charge on any atom is -0.367 e. The largest absolute Gasteiger partial charge is 0.367 e. The van der Waals surface area contributed by atoms with E-state index in [1.807, 2.05) is 0 Å². The van der Waals surface area contributed by atoms with Crippen LogP contribution in [0.2, 0.25) is 0 Å². The fourth-order valence-electron chi connectivity index (χ4n) is 3.96. The Hall–Kier alpha value is -1.30. The molecule has 3 fully saturated rings. The van der Waals surface area contributed by atoms with Crippen molar-refractivity contribution in [2.75, 3.05) is 6.54 Å². The second-order valence-corrected chi connectivity index (χ2v) is 6.98. The number of carbonyl (C=O) groups is 2. The molecule has 6 heteroatoms. The third-order valence-electron chi connectivity index (χ3n) is 5.33. The number of urea groups is 1. The van der Waals surface area contributed by atoms with Gasteiger partial charge >= 0.3 is 6.03 Å². The second-order valence-electron chi connectivity index (χ2n) is 6.98. The molecule has 0 aromatic rings. The van der Waals surface area contributed by atoms with Crippen LogP contribution in [0.1, 0.15) is 51.4 Å². The fourth-order valence-corrected chi connectivity index (χ4v) is 3.96. The van der Waals surface area contributed by atoms with Crippen molar-refractivity contribution in [3.63, 3.8) is 0 Å². The molecule has 0 aromatic heterocycles. The third kappa shape index (κ3) is 3.91. The van der Waals surface area contributed by atoms with Gasteiger partial charge in [-0.1, -0.05) is 32.1 Å². The predicted octanol–water partition coefficient (Wildman–Crippen LogP) is 1.29. The molecule has 1 heterocycles. The van der Waals surface area contributed by atoms with Crippen LogP contribution in [0.15, 0.2) is 0 Å². The molecule has 0 radical (unpaired) electrons. The Balaban J connectivity index is 1.31. The van der Waals surface area contributed by atoms with Crippen LogP contribution in [0.5, 0.6) is 0 Å². The van der Waals surface area contributed by atoms with E-state index in [1.54, 1.807) is 0 Å². The summed E-state index contributed by atoms with van der Waals surface area (Å²) in [5.41, 5.74) is 5.21. The van der Waals surface area contributed by atoms with Crippen molar-refractivity contribution in [1.82, 2.24) is 10.6 Å². The maximum atomic E-state index is 11.9. The number of rotatable bonds is 5. The van der Waals surface area contributed by atoms with Crippen LogP contribution in [0.25, 0.3) is 0 Å². The van der Waals surface area contributed by atoms with Gasteiger partial charge in [-0.15, -0.1) is 0 Å². The van der Waals surface area contributed by atoms with Crippen LogP contribution in [0, 0.1) is 11.8 Å². The van der Waals surface area contributed by atoms with Crippen molar-refractivity contribution in [3.8, 4) is 0 Å². The summed E-state index contributed by atoms with van der Waals surface area (Å²) < 4.78 is 5.49. The average molecular weight is 309 g/mol. The van der Waals surface area contributed by atoms with Crippen LogP contribution < -0.4 is 16.4 Å². The molecule has 2 saturated carbocycles. The first-order chi connectivity index (χ1) is 10.6. The van der Waals surface area contributed by atoms with E-state index in [1.165, 1.54) is 32.1 Å². The maximum Gasteiger partial charge on any atom is 0.315 e. The molecule has 0 bridgehead atoms. The van der Waals surface area contributed by atoms with Crippen molar-refractivity contribution < 1.29 is 14.3 Å². The van der Waals surface area contributed by atoms with Crippen molar-refractivity contribution >= 4 is 11.9 Å². The van der Waals surface area contributed by atoms with Gasteiger partial charge in [0.25, 0.3) is 0 Å². The number of carbonyl (C=O) groups excluding carboxylic acids is 2. The van der Waals surface area contributed by atoms with Gasteiger partial charge in [-0.25, -0.2) is 4.79 Å². The van der Waals surface area contributed by atoms with Gasteiger partial charge in [-0.2, -0.15) is 0 Å². The molecule has 22 heavy (non-hydrogen) atoms. The zero-order chi connectivity index (χ0) is 15.5. The van der Waals surface area contributed by atoms with E-state index < -0.39 is 12.0 Å². The van der Waals surface area contributed by atoms with Crippen molar-refractivity contribution in [2.24, 2.45) is 17.6 Å². The van der Waals surface area contributed by atoms with Gasteiger partial charge < -0.3 is 21.1 Å². The third-order valence-corrected chi connectivity index (χ3v) is 5.33. The Labute approximate surface area is 131 Å². The molecule has 1 saturated heterocycles. The highest BCUT2D eigenvalue weighted by molar-refractivity contribution is 5.79. The quantitative estimate of drug-likeness (QED) is 0.714. The topological polar surface area (TPSA) is 93.5 Å². The molecule has 4 atom stereocenters. The minimum atomic E-state index is -0.492. The van der Waals surface area contributed by atoms with Crippen LogP contribution >= 0.6 is 0 Å². The lowest BCUT2D eigenvalue weighted by Gasteiger charge is -2.21. The first kappa shape index (κ1) is 15.6. The van der Waals surface area contributed by atoms with E-state index in [0.717, 1.165) is 18.8 Å². The van der Waals surface area contributed by atoms with E-state index in [9.17, 15) is 9.59 Å². The van der Waals surface area contributed by atoms with Crippen molar-refractivity contribution in [3.05, 3.63) is 0 Å². The number of amides is 3. The van der Waals surface area contributed by atoms with Crippen molar-refractivity contribution in [2.45, 2.75) is 69.6 Å². The second kappa shape index (κ2) is 6.86. The molecule has 124 valence electrons. The number of hydrogen-bond donors (Lipinski definition) is 3. The van der Waals surface area contributed by atoms with Gasteiger partial charge in [0.1, 0.15) is 6.10 Å². The summed E-state index contributed by atoms with van der Waals surface area (Å²) in [5, 5.41) is 5.91. The highest BCUT2D eigenvalue weighted by Crippen LogP contribution is 2.44. The molecule has 3 aliphatic rings. The molecule has 6 nitrogen and oxygen atoms in total. The van der Waals surface area contributed by atoms with Gasteiger partial charge in [0.05, 0.1) is 6.10 Å². The minimum absolute atomic E-state index is 0.100. The molecule has 2 aliphatic carbocycles. The fraction of sp³-hybridized carbons (Fsp3) is 0.875. The molecular weight excluding hydrogens is 282 g/mol. The number of ether oxygens (including phenoxy) is 1. The first-order valence-corrected chi connectivity index (χ1v) is 8.62. The summed E-state index contributed by atoms with van der Waals surface area (Å²) in [4.78, 5) is 22.9. The molecule has 0 aromatic carbocycles. The molecule has 3 amide bonds. The summed E-state index contributed by atoms with van der Waals surface area (Å²) in [6, 6.07) is 0.236. The molecule has 1 aliphatic heterocycles. The maximum absolute atomic E-state index is 11.9. The van der Waals surface area contributed by atoms with Crippen LogP contribution in [-0.4, -0.2) is 36.7 Å². The summed E-state index contributed by atoms with van der Waals surface area (Å²) in [7, 11) is 0. The summed E-state index contributed by atoms with van der Waals surface area (Å²) in [6.45, 7) is 0.441. The molecule has 4 N–H and O–H groups in total. The van der Waals surface area contributed by atoms with E-state index in [2.05, 4.69) is 10.6 Å². The molecule has 0 unspecified atom stereocenters. The lowest BCUT2D eigenvalue weighted by Crippen LogP contribution is -2.41. The van der Waals surface area contributed by atoms with E-state index >= 15 is 0 Å². The molecular formula is C16H27N3O3. The Morgan fingerprint density at radius 3 is 2.55 bits per heavy atom. The molecule has 0 spiro atoms. The highest BCUT2D eigenvalue weighted by Gasteiger charge is 2.43.